The van der Waals surface area contributed by atoms with Crippen molar-refractivity contribution < 1.29 is 17.0 Å². The van der Waals surface area contributed by atoms with Gasteiger partial charge in [0.2, 0.25) is 0 Å². The van der Waals surface area contributed by atoms with Crippen LogP contribution in [0.15, 0.2) is 109 Å². The largest absolute Gasteiger partial charge is 0.297 e. The van der Waals surface area contributed by atoms with Crippen molar-refractivity contribution in [2.45, 2.75) is 98.8 Å². The fourth-order valence-corrected chi connectivity index (χ4v) is 7.87. The van der Waals surface area contributed by atoms with Gasteiger partial charge in [0.05, 0.1) is 35.0 Å². The molecule has 0 radical (unpaired) electrons. The van der Waals surface area contributed by atoms with Crippen LogP contribution in [-0.4, -0.2) is 28.0 Å². The lowest BCUT2D eigenvalue weighted by Crippen LogP contribution is -2.25. The maximum Gasteiger partial charge on any atom is 0.297 e. The number of benzene rings is 3. The molecule has 2 heterocycles. The van der Waals surface area contributed by atoms with E-state index in [0.717, 1.165) is 21.4 Å². The molecule has 2 aromatic heterocycles. The summed E-state index contributed by atoms with van der Waals surface area (Å²) in [5.41, 5.74) is 5.64. The number of aryl methyl sites for hydroxylation is 3. The third-order valence-corrected chi connectivity index (χ3v) is 12.2. The van der Waals surface area contributed by atoms with Crippen LogP contribution in [-0.2, 0) is 64.0 Å². The summed E-state index contributed by atoms with van der Waals surface area (Å²) in [6.07, 6.45) is 3.14. The molecule has 0 aliphatic rings. The van der Waals surface area contributed by atoms with Gasteiger partial charge in [-0.15, -0.1) is 23.5 Å². The Kier molecular flexibility index (Phi) is 14.3. The Balaban J connectivity index is 0.000000258. The molecule has 0 aliphatic carbocycles. The molecule has 0 amide bonds. The van der Waals surface area contributed by atoms with Crippen molar-refractivity contribution in [1.82, 2.24) is 19.6 Å². The van der Waals surface area contributed by atoms with Crippen LogP contribution < -0.4 is 11.1 Å². The normalized spacial score (nSPS) is 12.0. The first-order chi connectivity index (χ1) is 25.3. The molecule has 5 aromatic rings. The number of alkyl halides is 1. The van der Waals surface area contributed by atoms with Gasteiger partial charge in [-0.25, -0.2) is 13.8 Å². The minimum atomic E-state index is -3.99. The molecule has 0 unspecified atom stereocenters. The first kappa shape index (κ1) is 42.7. The summed E-state index contributed by atoms with van der Waals surface area (Å²) in [5, 5.41) is 8.05. The second-order valence-corrected chi connectivity index (χ2v) is 18.6. The van der Waals surface area contributed by atoms with E-state index in [4.69, 9.17) is 4.18 Å². The first-order valence-electron chi connectivity index (χ1n) is 17.4. The molecule has 0 atom stereocenters. The van der Waals surface area contributed by atoms with Gasteiger partial charge in [0.25, 0.3) is 21.2 Å². The minimum Gasteiger partial charge on any atom is -0.267 e. The quantitative estimate of drug-likeness (QED) is 0.0961. The second-order valence-electron chi connectivity index (χ2n) is 15.0. The van der Waals surface area contributed by atoms with Crippen LogP contribution in [0.25, 0.3) is 0 Å². The number of hydrogen-bond acceptors (Lipinski definition) is 9. The molecule has 0 saturated heterocycles. The number of hydrogen-bond donors (Lipinski definition) is 0. The molecule has 3 aromatic carbocycles. The summed E-state index contributed by atoms with van der Waals surface area (Å²) in [6.45, 7) is 13.8. The lowest BCUT2D eigenvalue weighted by atomic mass is 9.87. The third-order valence-electron chi connectivity index (χ3n) is 8.63. The number of thioether (sulfide) groups is 2. The Morgan fingerprint density at radius 1 is 0.667 bits per heavy atom. The van der Waals surface area contributed by atoms with Crippen molar-refractivity contribution in [2.24, 2.45) is 14.1 Å². The van der Waals surface area contributed by atoms with Crippen LogP contribution >= 0.6 is 23.5 Å². The summed E-state index contributed by atoms with van der Waals surface area (Å²) in [4.78, 5) is 25.8. The van der Waals surface area contributed by atoms with Gasteiger partial charge in [0.1, 0.15) is 6.67 Å². The molecule has 5 rings (SSSR count). The van der Waals surface area contributed by atoms with Crippen molar-refractivity contribution >= 4 is 33.6 Å². The smallest absolute Gasteiger partial charge is 0.267 e. The Hall–Kier alpha value is -4.04. The molecular weight excluding hydrogens is 743 g/mol. The Labute approximate surface area is 326 Å². The lowest BCUT2D eigenvalue weighted by Gasteiger charge is -2.19. The number of rotatable bonds is 11. The highest BCUT2D eigenvalue weighted by atomic mass is 32.2. The van der Waals surface area contributed by atoms with Crippen molar-refractivity contribution in [3.05, 3.63) is 145 Å². The molecule has 0 aliphatic heterocycles. The van der Waals surface area contributed by atoms with Gasteiger partial charge in [-0.05, 0) is 52.1 Å². The zero-order chi connectivity index (χ0) is 39.8. The average molecular weight is 792 g/mol. The minimum absolute atomic E-state index is 0.0575. The highest BCUT2D eigenvalue weighted by molar-refractivity contribution is 7.98. The maximum atomic E-state index is 13.1. The number of nitrogens with zero attached hydrogens (tertiary/aromatic N) is 4. The molecule has 0 spiro atoms. The zero-order valence-electron chi connectivity index (χ0n) is 32.3. The number of aromatic nitrogens is 4. The first-order valence-corrected chi connectivity index (χ1v) is 20.7. The monoisotopic (exact) mass is 791 g/mol. The van der Waals surface area contributed by atoms with Gasteiger partial charge < -0.3 is 0 Å². The Morgan fingerprint density at radius 3 is 1.48 bits per heavy atom. The van der Waals surface area contributed by atoms with E-state index < -0.39 is 16.8 Å². The van der Waals surface area contributed by atoms with Crippen LogP contribution in [0.2, 0.25) is 0 Å². The van der Waals surface area contributed by atoms with Gasteiger partial charge in [0.15, 0.2) is 0 Å². The van der Waals surface area contributed by atoms with Crippen molar-refractivity contribution in [2.75, 3.05) is 0 Å². The zero-order valence-corrected chi connectivity index (χ0v) is 34.8. The third kappa shape index (κ3) is 11.5. The number of halogens is 1. The van der Waals surface area contributed by atoms with Crippen LogP contribution in [0.4, 0.5) is 4.39 Å². The van der Waals surface area contributed by atoms with Gasteiger partial charge in [-0.3, -0.25) is 13.8 Å². The lowest BCUT2D eigenvalue weighted by molar-refractivity contribution is 0.302. The predicted octanol–water partition coefficient (Wildman–Crippen LogP) is 8.42. The maximum absolute atomic E-state index is 13.1. The molecule has 0 saturated carbocycles. The molecule has 0 N–H and O–H groups in total. The molecule has 54 heavy (non-hydrogen) atoms. The van der Waals surface area contributed by atoms with E-state index in [2.05, 4.69) is 100 Å². The Morgan fingerprint density at radius 2 is 1.07 bits per heavy atom. The summed E-state index contributed by atoms with van der Waals surface area (Å²) in [6, 6.07) is 23.1. The molecule has 13 heteroatoms. The molecular formula is C41H49FN4O5S3. The SMILES string of the molecule is Cc1ccc(S(=O)(=O)OCc2c(SCc3ccc(C(C)(C)C)cc3)cnn(C)c2=O)cc1.Cn1ncc(SCc2ccc(C(C)(C)C)cc2)c(C[18F])c1=O. The summed E-state index contributed by atoms with van der Waals surface area (Å²) < 4.78 is 45.8. The molecule has 0 bridgehead atoms. The van der Waals surface area contributed by atoms with E-state index in [9.17, 15) is 22.4 Å². The van der Waals surface area contributed by atoms with Crippen molar-refractivity contribution in [3.63, 3.8) is 0 Å². The van der Waals surface area contributed by atoms with Crippen LogP contribution in [0.5, 0.6) is 0 Å². The predicted molar refractivity (Wildman–Crippen MR) is 216 cm³/mol. The fourth-order valence-electron chi connectivity index (χ4n) is 5.08. The van der Waals surface area contributed by atoms with E-state index in [1.807, 2.05) is 6.92 Å². The fraction of sp³-hybridized carbons (Fsp3) is 0.366. The van der Waals surface area contributed by atoms with Gasteiger partial charge in [-0.2, -0.15) is 18.6 Å². The van der Waals surface area contributed by atoms with Gasteiger partial charge in [0, 0.05) is 35.4 Å². The highest BCUT2D eigenvalue weighted by Gasteiger charge is 2.20. The Bertz CT molecular complexity index is 2260. The highest BCUT2D eigenvalue weighted by Crippen LogP contribution is 2.29. The standard InChI is InChI=1S/C24H28N2O4S2.C17H21FN2OS/c1-17-6-12-20(13-7-17)32(28,29)30-15-21-22(14-25-26(5)23(21)27)31-16-18-8-10-19(11-9-18)24(2,3)4;1-17(2,3)13-7-5-12(6-8-13)11-22-15-10-19-20(4)16(21)14(15)9-18/h6-14H,15-16H2,1-5H3;5-8,10H,9,11H2,1-4H3/i;18-1. The van der Waals surface area contributed by atoms with Crippen molar-refractivity contribution in [1.29, 1.82) is 0 Å². The van der Waals surface area contributed by atoms with Gasteiger partial charge >= 0.3 is 0 Å². The van der Waals surface area contributed by atoms with Crippen molar-refractivity contribution in [3.8, 4) is 0 Å². The topological polar surface area (TPSA) is 113 Å². The van der Waals surface area contributed by atoms with Crippen LogP contribution in [0.1, 0.15) is 80.5 Å². The molecule has 0 fully saturated rings. The summed E-state index contributed by atoms with van der Waals surface area (Å²) in [7, 11) is -0.929. The van der Waals surface area contributed by atoms with Crippen LogP contribution in [0, 0.1) is 6.92 Å². The average Bonchev–Trinajstić information content (AvgIpc) is 3.12. The van der Waals surface area contributed by atoms with E-state index in [1.54, 1.807) is 24.5 Å². The van der Waals surface area contributed by atoms with E-state index >= 15 is 0 Å². The molecule has 288 valence electrons. The van der Waals surface area contributed by atoms with E-state index in [-0.39, 0.29) is 44.6 Å². The van der Waals surface area contributed by atoms with Crippen LogP contribution in [0.3, 0.4) is 0 Å². The van der Waals surface area contributed by atoms with E-state index in [1.165, 1.54) is 65.6 Å². The van der Waals surface area contributed by atoms with E-state index in [0.29, 0.717) is 21.3 Å². The summed E-state index contributed by atoms with van der Waals surface area (Å²) >= 11 is 2.88. The molecule has 9 nitrogen and oxygen atoms in total. The second kappa shape index (κ2) is 18.1. The summed E-state index contributed by atoms with van der Waals surface area (Å²) in [5.74, 6) is 1.31. The van der Waals surface area contributed by atoms with Gasteiger partial charge in [-0.1, -0.05) is 108 Å².